The molecule has 0 saturated carbocycles. The van der Waals surface area contributed by atoms with Gasteiger partial charge in [-0.2, -0.15) is 4.31 Å². The molecule has 1 aromatic rings. The van der Waals surface area contributed by atoms with E-state index in [9.17, 15) is 8.42 Å². The van der Waals surface area contributed by atoms with Crippen LogP contribution in [-0.4, -0.2) is 49.8 Å². The molecule has 0 aliphatic carbocycles. The maximum atomic E-state index is 12.7. The molecule has 0 amide bonds. The van der Waals surface area contributed by atoms with Crippen molar-refractivity contribution in [1.82, 2.24) is 9.21 Å². The lowest BCUT2D eigenvalue weighted by atomic mass is 10.2. The minimum absolute atomic E-state index is 0.368. The summed E-state index contributed by atoms with van der Waals surface area (Å²) in [4.78, 5) is 7.03. The first kappa shape index (κ1) is 19.2. The smallest absolute Gasteiger partial charge is 0.243 e. The first-order chi connectivity index (χ1) is 12.6. The molecule has 2 aliphatic heterocycles. The molecule has 2 saturated heterocycles. The summed E-state index contributed by atoms with van der Waals surface area (Å²) in [6, 6.07) is 7.07. The third-order valence-corrected chi connectivity index (χ3v) is 7.14. The molecule has 0 unspecified atom stereocenters. The fraction of sp³-hybridized carbons (Fsp3) is 0.632. The second-order valence-electron chi connectivity index (χ2n) is 7.18. The summed E-state index contributed by atoms with van der Waals surface area (Å²) in [6.45, 7) is 3.68. The van der Waals surface area contributed by atoms with Crippen molar-refractivity contribution in [2.45, 2.75) is 56.4 Å². The number of nitrogens with zero attached hydrogens (tertiary/aromatic N) is 3. The van der Waals surface area contributed by atoms with Crippen LogP contribution in [0.1, 0.15) is 50.5 Å². The Balaban J connectivity index is 1.63. The molecule has 26 heavy (non-hydrogen) atoms. The zero-order valence-corrected chi connectivity index (χ0v) is 16.3. The van der Waals surface area contributed by atoms with E-state index in [1.807, 2.05) is 12.1 Å². The number of hydrogen-bond donors (Lipinski definition) is 1. The summed E-state index contributed by atoms with van der Waals surface area (Å²) in [6.07, 6.45) is 7.86. The molecule has 3 rings (SSSR count). The van der Waals surface area contributed by atoms with E-state index < -0.39 is 10.0 Å². The third-order valence-electron chi connectivity index (χ3n) is 5.23. The van der Waals surface area contributed by atoms with Crippen LogP contribution in [-0.2, 0) is 16.6 Å². The van der Waals surface area contributed by atoms with Crippen molar-refractivity contribution >= 4 is 16.0 Å². The van der Waals surface area contributed by atoms with Crippen LogP contribution in [0.4, 0.5) is 0 Å². The van der Waals surface area contributed by atoms with Gasteiger partial charge in [0.05, 0.1) is 11.4 Å². The Bertz CT molecular complexity index is 702. The molecule has 2 aliphatic rings. The molecular formula is C19H30N4O2S. The Kier molecular flexibility index (Phi) is 6.53. The first-order valence-electron chi connectivity index (χ1n) is 9.71. The normalized spacial score (nSPS) is 20.8. The van der Waals surface area contributed by atoms with Gasteiger partial charge < -0.3 is 10.6 Å². The van der Waals surface area contributed by atoms with Crippen LogP contribution >= 0.6 is 0 Å². The Morgan fingerprint density at radius 1 is 0.885 bits per heavy atom. The quantitative estimate of drug-likeness (QED) is 0.645. The molecule has 0 aromatic heterocycles. The highest BCUT2D eigenvalue weighted by atomic mass is 32.2. The molecule has 0 atom stereocenters. The van der Waals surface area contributed by atoms with Crippen molar-refractivity contribution in [3.8, 4) is 0 Å². The summed E-state index contributed by atoms with van der Waals surface area (Å²) in [5, 5.41) is 0. The highest BCUT2D eigenvalue weighted by Crippen LogP contribution is 2.21. The summed E-state index contributed by atoms with van der Waals surface area (Å²) < 4.78 is 26.9. The van der Waals surface area contributed by atoms with Crippen LogP contribution < -0.4 is 5.73 Å². The number of benzene rings is 1. The molecular weight excluding hydrogens is 348 g/mol. The van der Waals surface area contributed by atoms with E-state index in [1.165, 1.54) is 25.7 Å². The summed E-state index contributed by atoms with van der Waals surface area (Å²) in [7, 11) is -3.37. The second kappa shape index (κ2) is 8.86. The SMILES string of the molecule is NC(=NCc1ccc(S(=O)(=O)N2CCCCC2)cc1)N1CCCCCC1. The van der Waals surface area contributed by atoms with E-state index in [0.29, 0.717) is 30.5 Å². The molecule has 6 nitrogen and oxygen atoms in total. The van der Waals surface area contributed by atoms with Crippen molar-refractivity contribution in [1.29, 1.82) is 0 Å². The van der Waals surface area contributed by atoms with E-state index in [4.69, 9.17) is 5.73 Å². The standard InChI is InChI=1S/C19H30N4O2S/c20-19(22-12-4-1-2-5-13-22)21-16-17-8-10-18(11-9-17)26(24,25)23-14-6-3-7-15-23/h8-11H,1-7,12-16H2,(H2,20,21). The van der Waals surface area contributed by atoms with Gasteiger partial charge in [-0.15, -0.1) is 0 Å². The lowest BCUT2D eigenvalue weighted by Gasteiger charge is -2.25. The molecule has 2 N–H and O–H groups in total. The number of likely N-dealkylation sites (tertiary alicyclic amines) is 1. The summed E-state index contributed by atoms with van der Waals surface area (Å²) in [5.41, 5.74) is 7.11. The van der Waals surface area contributed by atoms with Crippen molar-refractivity contribution in [3.63, 3.8) is 0 Å². The lowest BCUT2D eigenvalue weighted by molar-refractivity contribution is 0.346. The average molecular weight is 379 g/mol. The minimum atomic E-state index is -3.37. The summed E-state index contributed by atoms with van der Waals surface area (Å²) >= 11 is 0. The number of sulfonamides is 1. The molecule has 0 bridgehead atoms. The largest absolute Gasteiger partial charge is 0.370 e. The Hall–Kier alpha value is -1.60. The predicted molar refractivity (Wildman–Crippen MR) is 104 cm³/mol. The number of rotatable bonds is 4. The number of guanidine groups is 1. The molecule has 1 aromatic carbocycles. The number of nitrogens with two attached hydrogens (primary N) is 1. The van der Waals surface area contributed by atoms with Gasteiger partial charge in [-0.05, 0) is 43.4 Å². The van der Waals surface area contributed by atoms with Crippen molar-refractivity contribution in [2.75, 3.05) is 26.2 Å². The van der Waals surface area contributed by atoms with Crippen LogP contribution in [0.5, 0.6) is 0 Å². The van der Waals surface area contributed by atoms with Crippen LogP contribution in [0.15, 0.2) is 34.2 Å². The van der Waals surface area contributed by atoms with Gasteiger partial charge in [0.15, 0.2) is 5.96 Å². The molecule has 2 heterocycles. The van der Waals surface area contributed by atoms with Gasteiger partial charge >= 0.3 is 0 Å². The maximum Gasteiger partial charge on any atom is 0.243 e. The van der Waals surface area contributed by atoms with E-state index >= 15 is 0 Å². The predicted octanol–water partition coefficient (Wildman–Crippen LogP) is 2.55. The fourth-order valence-corrected chi connectivity index (χ4v) is 5.11. The van der Waals surface area contributed by atoms with E-state index in [2.05, 4.69) is 9.89 Å². The van der Waals surface area contributed by atoms with Gasteiger partial charge in [0.1, 0.15) is 0 Å². The van der Waals surface area contributed by atoms with Gasteiger partial charge in [-0.3, -0.25) is 0 Å². The zero-order chi connectivity index (χ0) is 18.4. The zero-order valence-electron chi connectivity index (χ0n) is 15.4. The van der Waals surface area contributed by atoms with Gasteiger partial charge in [0.25, 0.3) is 0 Å². The molecule has 7 heteroatoms. The van der Waals surface area contributed by atoms with Gasteiger partial charge in [0, 0.05) is 26.2 Å². The average Bonchev–Trinajstić information content (AvgIpc) is 2.97. The Morgan fingerprint density at radius 2 is 1.42 bits per heavy atom. The van der Waals surface area contributed by atoms with E-state index in [1.54, 1.807) is 16.4 Å². The minimum Gasteiger partial charge on any atom is -0.370 e. The summed E-state index contributed by atoms with van der Waals surface area (Å²) in [5.74, 6) is 0.594. The number of hydrogen-bond acceptors (Lipinski definition) is 3. The maximum absolute atomic E-state index is 12.7. The second-order valence-corrected chi connectivity index (χ2v) is 9.12. The van der Waals surface area contributed by atoms with E-state index in [-0.39, 0.29) is 0 Å². The Morgan fingerprint density at radius 3 is 2.04 bits per heavy atom. The monoisotopic (exact) mass is 378 g/mol. The lowest BCUT2D eigenvalue weighted by Crippen LogP contribution is -2.38. The van der Waals surface area contributed by atoms with Crippen molar-refractivity contribution < 1.29 is 8.42 Å². The van der Waals surface area contributed by atoms with E-state index in [0.717, 1.165) is 37.9 Å². The number of piperidine rings is 1. The molecule has 0 spiro atoms. The Labute approximate surface area is 157 Å². The highest BCUT2D eigenvalue weighted by molar-refractivity contribution is 7.89. The third kappa shape index (κ3) is 4.76. The first-order valence-corrected chi connectivity index (χ1v) is 11.2. The fourth-order valence-electron chi connectivity index (χ4n) is 3.59. The van der Waals surface area contributed by atoms with Gasteiger partial charge in [0.2, 0.25) is 10.0 Å². The highest BCUT2D eigenvalue weighted by Gasteiger charge is 2.25. The van der Waals surface area contributed by atoms with Gasteiger partial charge in [-0.1, -0.05) is 31.4 Å². The topological polar surface area (TPSA) is 79.0 Å². The van der Waals surface area contributed by atoms with Crippen LogP contribution in [0.2, 0.25) is 0 Å². The molecule has 0 radical (unpaired) electrons. The van der Waals surface area contributed by atoms with Crippen molar-refractivity contribution in [3.05, 3.63) is 29.8 Å². The van der Waals surface area contributed by atoms with Crippen LogP contribution in [0.25, 0.3) is 0 Å². The van der Waals surface area contributed by atoms with Gasteiger partial charge in [-0.25, -0.2) is 13.4 Å². The van der Waals surface area contributed by atoms with Crippen molar-refractivity contribution in [2.24, 2.45) is 10.7 Å². The van der Waals surface area contributed by atoms with Crippen LogP contribution in [0, 0.1) is 0 Å². The molecule has 2 fully saturated rings. The molecule has 144 valence electrons. The number of aliphatic imine (C=N–C) groups is 1. The van der Waals surface area contributed by atoms with Crippen LogP contribution in [0.3, 0.4) is 0 Å².